The lowest BCUT2D eigenvalue weighted by atomic mass is 9.75. The number of amides is 2. The van der Waals surface area contributed by atoms with Gasteiger partial charge in [0.15, 0.2) is 0 Å². The highest BCUT2D eigenvalue weighted by molar-refractivity contribution is 6.64. The van der Waals surface area contributed by atoms with Gasteiger partial charge in [-0.2, -0.15) is 0 Å². The summed E-state index contributed by atoms with van der Waals surface area (Å²) in [6.07, 6.45) is 1.18. The number of nitrogens with zero attached hydrogens (tertiary/aromatic N) is 4. The minimum absolute atomic E-state index is 0.136. The number of allylic oxidation sites excluding steroid dienone is 1. The van der Waals surface area contributed by atoms with Crippen LogP contribution in [0.15, 0.2) is 217 Å². The molecule has 9 aromatic carbocycles. The van der Waals surface area contributed by atoms with Gasteiger partial charge in [-0.05, 0) is 204 Å². The van der Waals surface area contributed by atoms with Crippen molar-refractivity contribution < 1.29 is 27.8 Å². The highest BCUT2D eigenvalue weighted by atomic mass is 19.2. The van der Waals surface area contributed by atoms with E-state index >= 15 is 8.63 Å². The molecule has 2 aliphatic carbocycles. The Morgan fingerprint density at radius 3 is 1.79 bits per heavy atom. The van der Waals surface area contributed by atoms with Crippen molar-refractivity contribution in [2.45, 2.75) is 97.9 Å². The summed E-state index contributed by atoms with van der Waals surface area (Å²) in [5.41, 5.74) is 17.4. The van der Waals surface area contributed by atoms with Gasteiger partial charge in [-0.25, -0.2) is 4.90 Å². The molecule has 4 heterocycles. The second-order valence-corrected chi connectivity index (χ2v) is 26.0. The number of ether oxygens (including phenoxy) is 1. The molecule has 10 aromatic rings. The standard InChI is InChI=1S/C78H66BF2N4O4/c1-46-44-56(45-47(2)66(46)68-70-48(3)69-72(59-27-16-17-30-62(59)76(69,5)6)84(70)79(80,81)85-71(68)49(4)73-77(7,8)63-31-18-19-32-64(63)78(73,85)9)89-65(86)33-20-22-50-34-38-55(39-35-50)83-74(87)60-29-21-28-58-57(42-43-61(67(58)60)75(83)88)51-36-40-54(41-37-51)82(52-23-12-10-13-24-52)53-25-14-11-15-26-53/h10-19,21,23-32,34-45H,20,22,33H2,1-9H3/q-1. The van der Waals surface area contributed by atoms with E-state index in [-0.39, 0.29) is 6.42 Å². The molecule has 0 radical (unpaired) electrons. The van der Waals surface area contributed by atoms with Crippen molar-refractivity contribution in [1.29, 1.82) is 0 Å². The van der Waals surface area contributed by atoms with E-state index in [4.69, 9.17) is 4.74 Å². The molecule has 89 heavy (non-hydrogen) atoms. The number of hydrogen-bond donors (Lipinski definition) is 0. The van der Waals surface area contributed by atoms with Crippen LogP contribution in [0.3, 0.4) is 0 Å². The van der Waals surface area contributed by atoms with Gasteiger partial charge >= 0.3 is 12.9 Å². The van der Waals surface area contributed by atoms with Gasteiger partial charge < -0.3 is 27.6 Å². The molecule has 8 nitrogen and oxygen atoms in total. The minimum Gasteiger partial charge on any atom is -0.457 e. The van der Waals surface area contributed by atoms with Crippen LogP contribution in [0.2, 0.25) is 0 Å². The molecule has 5 aliphatic rings. The Hall–Kier alpha value is -9.87. The first-order valence-corrected chi connectivity index (χ1v) is 30.8. The Kier molecular flexibility index (Phi) is 12.4. The fourth-order valence-electron chi connectivity index (χ4n) is 16.7. The van der Waals surface area contributed by atoms with Crippen LogP contribution in [0.5, 0.6) is 5.75 Å². The number of rotatable bonds is 11. The highest BCUT2D eigenvalue weighted by Crippen LogP contribution is 2.67. The smallest absolute Gasteiger partial charge is 0.457 e. The highest BCUT2D eigenvalue weighted by Gasteiger charge is 2.64. The third-order valence-electron chi connectivity index (χ3n) is 20.1. The average molecular weight is 1170 g/mol. The Bertz CT molecular complexity index is 4690. The molecule has 11 heteroatoms. The molecule has 1 atom stereocenters. The molecule has 2 amide bonds. The zero-order chi connectivity index (χ0) is 61.8. The Morgan fingerprint density at radius 2 is 1.13 bits per heavy atom. The first-order chi connectivity index (χ1) is 42.7. The van der Waals surface area contributed by atoms with Gasteiger partial charge in [0.05, 0.1) is 11.2 Å². The molecule has 0 saturated carbocycles. The van der Waals surface area contributed by atoms with Crippen LogP contribution >= 0.6 is 0 Å². The van der Waals surface area contributed by atoms with Gasteiger partial charge in [-0.15, -0.1) is 0 Å². The summed E-state index contributed by atoms with van der Waals surface area (Å²) in [5.74, 6) is -0.782. The van der Waals surface area contributed by atoms with Crippen molar-refractivity contribution in [2.24, 2.45) is 0 Å². The van der Waals surface area contributed by atoms with Gasteiger partial charge in [0, 0.05) is 73.5 Å². The summed E-state index contributed by atoms with van der Waals surface area (Å²) < 4.78 is 45.2. The van der Waals surface area contributed by atoms with E-state index in [9.17, 15) is 14.4 Å². The number of aromatic nitrogens is 1. The van der Waals surface area contributed by atoms with Gasteiger partial charge in [0.2, 0.25) is 0 Å². The van der Waals surface area contributed by atoms with Crippen LogP contribution in [0.25, 0.3) is 38.7 Å². The lowest BCUT2D eigenvalue weighted by Gasteiger charge is -2.54. The fourth-order valence-corrected chi connectivity index (χ4v) is 16.7. The average Bonchev–Trinajstić information content (AvgIpc) is 1.48. The lowest BCUT2D eigenvalue weighted by Crippen LogP contribution is -2.61. The maximum absolute atomic E-state index is 18.8. The van der Waals surface area contributed by atoms with Crippen molar-refractivity contribution in [2.75, 3.05) is 9.80 Å². The molecule has 1 unspecified atom stereocenters. The van der Waals surface area contributed by atoms with Crippen LogP contribution in [-0.4, -0.2) is 34.0 Å². The molecule has 0 fully saturated rings. The topological polar surface area (TPSA) is 75.1 Å². The van der Waals surface area contributed by atoms with Crippen LogP contribution in [0, 0.1) is 20.8 Å². The summed E-state index contributed by atoms with van der Waals surface area (Å²) in [5, 5.41) is 1.47. The van der Waals surface area contributed by atoms with Crippen LogP contribution in [0.1, 0.15) is 131 Å². The van der Waals surface area contributed by atoms with Gasteiger partial charge in [0.1, 0.15) is 5.75 Å². The number of benzene rings is 9. The molecular weight excluding hydrogens is 1110 g/mol. The predicted molar refractivity (Wildman–Crippen MR) is 354 cm³/mol. The second-order valence-electron chi connectivity index (χ2n) is 26.0. The maximum Gasteiger partial charge on any atom is 0.530 e. The van der Waals surface area contributed by atoms with Crippen molar-refractivity contribution in [3.05, 3.63) is 284 Å². The number of anilines is 4. The van der Waals surface area contributed by atoms with E-state index in [1.165, 1.54) is 14.2 Å². The third kappa shape index (κ3) is 7.92. The second kappa shape index (κ2) is 19.8. The number of aryl methyl sites for hydroxylation is 3. The molecule has 0 saturated heterocycles. The lowest BCUT2D eigenvalue weighted by molar-refractivity contribution is -0.134. The van der Waals surface area contributed by atoms with Gasteiger partial charge in [-0.1, -0.05) is 155 Å². The van der Waals surface area contributed by atoms with Crippen LogP contribution < -0.4 is 14.5 Å². The SMILES string of the molecule is CC1=C2C(C)(C)c3ccccc3C2(C)N2C1=C(c1c(C)cc(OC(=O)CCCc3ccc(N4C(=O)c5cccc6c(-c7ccc(N(c8ccccc8)c8ccccc8)cc7)ccc(c56)C4=O)cc3)cc1C)c1c(C)c3c(n1[B-]2(F)F)-c1ccccc1C3(C)C. The maximum atomic E-state index is 18.8. The predicted octanol–water partition coefficient (Wildman–Crippen LogP) is 18.6. The summed E-state index contributed by atoms with van der Waals surface area (Å²) in [6, 6.07) is 65.5. The molecule has 0 N–H and O–H groups in total. The number of carbonyl (C=O) groups is 3. The Morgan fingerprint density at radius 1 is 0.573 bits per heavy atom. The molecular formula is C78H66BF2N4O4-. The van der Waals surface area contributed by atoms with Gasteiger partial charge in [-0.3, -0.25) is 14.4 Å². The summed E-state index contributed by atoms with van der Waals surface area (Å²) in [7, 11) is 0. The zero-order valence-corrected chi connectivity index (χ0v) is 51.4. The molecule has 0 spiro atoms. The van der Waals surface area contributed by atoms with E-state index < -0.39 is 41.1 Å². The number of hydrogen-bond acceptors (Lipinski definition) is 6. The van der Waals surface area contributed by atoms with E-state index in [2.05, 4.69) is 93.3 Å². The molecule has 15 rings (SSSR count). The van der Waals surface area contributed by atoms with Crippen LogP contribution in [0.4, 0.5) is 31.4 Å². The molecule has 0 bridgehead atoms. The first-order valence-electron chi connectivity index (χ1n) is 30.8. The van der Waals surface area contributed by atoms with E-state index in [1.807, 2.05) is 156 Å². The monoisotopic (exact) mass is 1170 g/mol. The van der Waals surface area contributed by atoms with Crippen molar-refractivity contribution in [3.63, 3.8) is 0 Å². The van der Waals surface area contributed by atoms with Gasteiger partial charge in [0.25, 0.3) is 11.8 Å². The van der Waals surface area contributed by atoms with E-state index in [0.29, 0.717) is 57.9 Å². The number of fused-ring (bicyclic) bond motifs is 10. The summed E-state index contributed by atoms with van der Waals surface area (Å²) in [4.78, 5) is 47.6. The zero-order valence-electron chi connectivity index (χ0n) is 51.4. The number of esters is 1. The molecule has 440 valence electrons. The van der Waals surface area contributed by atoms with Crippen LogP contribution in [-0.2, 0) is 27.6 Å². The normalized spacial score (nSPS) is 17.8. The quantitative estimate of drug-likeness (QED) is 0.0556. The third-order valence-corrected chi connectivity index (χ3v) is 20.1. The molecule has 3 aliphatic heterocycles. The number of carbonyl (C=O) groups excluding carboxylic acids is 3. The van der Waals surface area contributed by atoms with Crippen molar-refractivity contribution in [3.8, 4) is 28.1 Å². The van der Waals surface area contributed by atoms with E-state index in [1.54, 1.807) is 18.2 Å². The van der Waals surface area contributed by atoms with Crippen molar-refractivity contribution in [1.82, 2.24) is 9.29 Å². The Labute approximate surface area is 518 Å². The number of para-hydroxylation sites is 2. The Balaban J connectivity index is 0.673. The van der Waals surface area contributed by atoms with E-state index in [0.717, 1.165) is 106 Å². The van der Waals surface area contributed by atoms with Crippen molar-refractivity contribution >= 4 is 63.8 Å². The number of imide groups is 1. The summed E-state index contributed by atoms with van der Waals surface area (Å²) in [6.45, 7) is 14.2. The first kappa shape index (κ1) is 55.7. The largest absolute Gasteiger partial charge is 0.530 e. The molecule has 1 aromatic heterocycles. The fraction of sp³-hybridized carbons (Fsp3) is 0.192. The minimum atomic E-state index is -4.45. The summed E-state index contributed by atoms with van der Waals surface area (Å²) >= 11 is 0. The number of halogens is 2.